The summed E-state index contributed by atoms with van der Waals surface area (Å²) in [5.41, 5.74) is 1.81. The van der Waals surface area contributed by atoms with E-state index in [-0.39, 0.29) is 14.9 Å². The second kappa shape index (κ2) is 5.85. The summed E-state index contributed by atoms with van der Waals surface area (Å²) in [7, 11) is -3.71. The van der Waals surface area contributed by atoms with Gasteiger partial charge in [0, 0.05) is 0 Å². The Hall–Kier alpha value is -0.270. The van der Waals surface area contributed by atoms with Gasteiger partial charge in [0.2, 0.25) is 0 Å². The van der Waals surface area contributed by atoms with Gasteiger partial charge in [0.25, 0.3) is 10.0 Å². The van der Waals surface area contributed by atoms with Crippen LogP contribution in [0.25, 0.3) is 0 Å². The van der Waals surface area contributed by atoms with E-state index in [1.807, 2.05) is 6.92 Å². The van der Waals surface area contributed by atoms with Crippen LogP contribution in [0, 0.1) is 13.8 Å². The fourth-order valence-electron chi connectivity index (χ4n) is 1.50. The second-order valence-electron chi connectivity index (χ2n) is 4.18. The average molecular weight is 415 g/mol. The van der Waals surface area contributed by atoms with E-state index < -0.39 is 10.0 Å². The third-order valence-electron chi connectivity index (χ3n) is 2.62. The Morgan fingerprint density at radius 2 is 1.85 bits per heavy atom. The van der Waals surface area contributed by atoms with Crippen molar-refractivity contribution in [3.05, 3.63) is 43.2 Å². The number of rotatable bonds is 3. The molecule has 2 rings (SSSR count). The molecule has 0 aliphatic rings. The molecule has 0 aliphatic carbocycles. The first kappa shape index (κ1) is 16.1. The first-order chi connectivity index (χ1) is 9.22. The maximum Gasteiger partial charge on any atom is 0.271 e. The zero-order chi connectivity index (χ0) is 15.1. The van der Waals surface area contributed by atoms with Crippen molar-refractivity contribution in [3.63, 3.8) is 0 Å². The molecule has 0 saturated heterocycles. The lowest BCUT2D eigenvalue weighted by atomic mass is 10.2. The van der Waals surface area contributed by atoms with Gasteiger partial charge in [-0.15, -0.1) is 11.3 Å². The topological polar surface area (TPSA) is 46.2 Å². The van der Waals surface area contributed by atoms with Crippen molar-refractivity contribution in [1.29, 1.82) is 0 Å². The number of benzene rings is 1. The van der Waals surface area contributed by atoms with Crippen LogP contribution < -0.4 is 4.72 Å². The number of hydrogen-bond donors (Lipinski definition) is 1. The summed E-state index contributed by atoms with van der Waals surface area (Å²) in [6.45, 7) is 3.61. The van der Waals surface area contributed by atoms with Crippen LogP contribution in [-0.4, -0.2) is 8.42 Å². The molecule has 0 spiro atoms. The summed E-state index contributed by atoms with van der Waals surface area (Å²) < 4.78 is 28.1. The molecule has 0 aliphatic heterocycles. The Bertz CT molecular complexity index is 753. The molecule has 0 unspecified atom stereocenters. The molecule has 0 fully saturated rings. The van der Waals surface area contributed by atoms with E-state index in [0.717, 1.165) is 26.3 Å². The number of hydrogen-bond acceptors (Lipinski definition) is 3. The van der Waals surface area contributed by atoms with Gasteiger partial charge < -0.3 is 0 Å². The number of anilines is 1. The molecule has 0 radical (unpaired) electrons. The maximum atomic E-state index is 12.3. The zero-order valence-corrected chi connectivity index (χ0v) is 15.2. The van der Waals surface area contributed by atoms with Gasteiger partial charge in [-0.2, -0.15) is 0 Å². The number of halogens is 3. The van der Waals surface area contributed by atoms with E-state index in [2.05, 4.69) is 20.7 Å². The zero-order valence-electron chi connectivity index (χ0n) is 10.5. The lowest BCUT2D eigenvalue weighted by Crippen LogP contribution is -2.12. The summed E-state index contributed by atoms with van der Waals surface area (Å²) >= 11 is 16.6. The predicted octanol–water partition coefficient (Wildman–Crippen LogP) is 5.24. The van der Waals surface area contributed by atoms with Crippen LogP contribution in [-0.2, 0) is 10.0 Å². The van der Waals surface area contributed by atoms with Gasteiger partial charge in [0.1, 0.15) is 4.21 Å². The van der Waals surface area contributed by atoms with Crippen molar-refractivity contribution in [1.82, 2.24) is 0 Å². The molecule has 0 saturated carbocycles. The molecule has 0 bridgehead atoms. The summed E-state index contributed by atoms with van der Waals surface area (Å²) in [5, 5.41) is 0.560. The lowest BCUT2D eigenvalue weighted by molar-refractivity contribution is 0.603. The van der Waals surface area contributed by atoms with Crippen LogP contribution >= 0.6 is 50.5 Å². The van der Waals surface area contributed by atoms with Gasteiger partial charge in [-0.25, -0.2) is 8.42 Å². The van der Waals surface area contributed by atoms with Crippen molar-refractivity contribution in [3.8, 4) is 0 Å². The molecule has 0 atom stereocenters. The molecule has 108 valence electrons. The number of sulfonamides is 1. The molecule has 3 nitrogen and oxygen atoms in total. The smallest absolute Gasteiger partial charge is 0.271 e. The quantitative estimate of drug-likeness (QED) is 0.746. The molecule has 1 aromatic carbocycles. The summed E-state index contributed by atoms with van der Waals surface area (Å²) in [6, 6.07) is 4.93. The number of aryl methyl sites for hydroxylation is 2. The van der Waals surface area contributed by atoms with Crippen molar-refractivity contribution >= 4 is 66.2 Å². The van der Waals surface area contributed by atoms with Crippen LogP contribution in [0.5, 0.6) is 0 Å². The largest absolute Gasteiger partial charge is 0.276 e. The predicted molar refractivity (Wildman–Crippen MR) is 88.8 cm³/mol. The highest BCUT2D eigenvalue weighted by molar-refractivity contribution is 9.11. The molecule has 1 heterocycles. The van der Waals surface area contributed by atoms with Crippen LogP contribution in [0.3, 0.4) is 0 Å². The highest BCUT2D eigenvalue weighted by Gasteiger charge is 2.21. The van der Waals surface area contributed by atoms with Crippen LogP contribution in [0.2, 0.25) is 10.0 Å². The molecule has 1 aromatic heterocycles. The Labute approximate surface area is 140 Å². The first-order valence-electron chi connectivity index (χ1n) is 5.45. The normalized spacial score (nSPS) is 11.7. The molecule has 0 amide bonds. The van der Waals surface area contributed by atoms with Crippen LogP contribution in [0.4, 0.5) is 5.69 Å². The Kier molecular flexibility index (Phi) is 4.71. The van der Waals surface area contributed by atoms with Crippen LogP contribution in [0.15, 0.2) is 26.2 Å². The Morgan fingerprint density at radius 1 is 1.20 bits per heavy atom. The van der Waals surface area contributed by atoms with Gasteiger partial charge in [-0.05, 0) is 53.0 Å². The van der Waals surface area contributed by atoms with Gasteiger partial charge in [-0.1, -0.05) is 29.3 Å². The fourth-order valence-corrected chi connectivity index (χ4v) is 5.39. The monoisotopic (exact) mass is 413 g/mol. The van der Waals surface area contributed by atoms with E-state index in [4.69, 9.17) is 23.2 Å². The van der Waals surface area contributed by atoms with Crippen LogP contribution in [0.1, 0.15) is 11.1 Å². The molecule has 8 heteroatoms. The van der Waals surface area contributed by atoms with Gasteiger partial charge in [0.05, 0.1) is 19.5 Å². The van der Waals surface area contributed by atoms with E-state index >= 15 is 0 Å². The maximum absolute atomic E-state index is 12.3. The Morgan fingerprint density at radius 3 is 2.40 bits per heavy atom. The first-order valence-corrected chi connectivity index (χ1v) is 9.30. The minimum atomic E-state index is -3.71. The van der Waals surface area contributed by atoms with Gasteiger partial charge >= 0.3 is 0 Å². The number of thiophene rings is 1. The van der Waals surface area contributed by atoms with Crippen molar-refractivity contribution < 1.29 is 8.42 Å². The summed E-state index contributed by atoms with van der Waals surface area (Å²) in [4.78, 5) is 0. The van der Waals surface area contributed by atoms with Gasteiger partial charge in [0.15, 0.2) is 0 Å². The van der Waals surface area contributed by atoms with E-state index in [1.54, 1.807) is 25.1 Å². The highest BCUT2D eigenvalue weighted by atomic mass is 79.9. The highest BCUT2D eigenvalue weighted by Crippen LogP contribution is 2.36. The summed E-state index contributed by atoms with van der Waals surface area (Å²) in [5.74, 6) is 0. The van der Waals surface area contributed by atoms with Crippen molar-refractivity contribution in [2.45, 2.75) is 18.1 Å². The average Bonchev–Trinajstić information content (AvgIpc) is 2.71. The molecule has 2 aromatic rings. The molecular weight excluding hydrogens is 405 g/mol. The SMILES string of the molecule is Cc1cc(S(=O)(=O)Nc2c(Cl)ccc(C)c2Cl)sc1Br. The second-order valence-corrected chi connectivity index (χ2v) is 9.25. The van der Waals surface area contributed by atoms with E-state index in [1.165, 1.54) is 0 Å². The summed E-state index contributed by atoms with van der Waals surface area (Å²) in [6.07, 6.45) is 0. The van der Waals surface area contributed by atoms with E-state index in [0.29, 0.717) is 5.02 Å². The minimum Gasteiger partial charge on any atom is -0.276 e. The molecular formula is C12H10BrCl2NO2S2. The van der Waals surface area contributed by atoms with E-state index in [9.17, 15) is 8.42 Å². The molecule has 20 heavy (non-hydrogen) atoms. The third kappa shape index (κ3) is 3.14. The Balaban J connectivity index is 2.46. The van der Waals surface area contributed by atoms with Crippen molar-refractivity contribution in [2.24, 2.45) is 0 Å². The van der Waals surface area contributed by atoms with Gasteiger partial charge in [-0.3, -0.25) is 4.72 Å². The lowest BCUT2D eigenvalue weighted by Gasteiger charge is -2.11. The van der Waals surface area contributed by atoms with Crippen molar-refractivity contribution in [2.75, 3.05) is 4.72 Å². The minimum absolute atomic E-state index is 0.204. The molecule has 1 N–H and O–H groups in total. The standard InChI is InChI=1S/C12H10BrCl2NO2S2/c1-6-3-4-8(14)11(10(6)15)16-20(17,18)9-5-7(2)12(13)19-9/h3-5,16H,1-2H3. The number of nitrogens with one attached hydrogen (secondary N) is 1. The third-order valence-corrected chi connectivity index (χ3v) is 7.38. The fraction of sp³-hybridized carbons (Fsp3) is 0.167.